The highest BCUT2D eigenvalue weighted by Gasteiger charge is 2.05. The minimum Gasteiger partial charge on any atom is -0.396 e. The number of hydrogen-bond donors (Lipinski definition) is 3. The molecule has 0 fully saturated rings. The third-order valence-electron chi connectivity index (χ3n) is 2.93. The molecule has 2 rings (SSSR count). The lowest BCUT2D eigenvalue weighted by molar-refractivity contribution is 0.608. The molecule has 100 valence electrons. The summed E-state index contributed by atoms with van der Waals surface area (Å²) in [6.07, 6.45) is 0. The maximum atomic E-state index is 13.5. The summed E-state index contributed by atoms with van der Waals surface area (Å²) in [5.74, 6) is 0.793. The Hall–Kier alpha value is -2.30. The molecular formula is C14H17FN4. The van der Waals surface area contributed by atoms with Crippen LogP contribution in [0.25, 0.3) is 0 Å². The van der Waals surface area contributed by atoms with Gasteiger partial charge in [-0.25, -0.2) is 9.37 Å². The molecule has 2 aromatic rings. The molecule has 0 unspecified atom stereocenters. The van der Waals surface area contributed by atoms with E-state index in [9.17, 15) is 4.39 Å². The van der Waals surface area contributed by atoms with Crippen molar-refractivity contribution in [3.8, 4) is 0 Å². The molecule has 1 aromatic carbocycles. The summed E-state index contributed by atoms with van der Waals surface area (Å²) in [6.45, 7) is 4.06. The number of nitrogens with two attached hydrogens (primary N) is 2. The Balaban J connectivity index is 2.12. The summed E-state index contributed by atoms with van der Waals surface area (Å²) in [5, 5.41) is 3.13. The lowest BCUT2D eigenvalue weighted by Crippen LogP contribution is -2.05. The molecule has 0 spiro atoms. The molecule has 0 saturated heterocycles. The molecule has 1 heterocycles. The molecule has 0 aliphatic carbocycles. The first-order valence-electron chi connectivity index (χ1n) is 5.99. The van der Waals surface area contributed by atoms with Gasteiger partial charge in [0, 0.05) is 6.54 Å². The normalized spacial score (nSPS) is 10.5. The van der Waals surface area contributed by atoms with Crippen molar-refractivity contribution in [3.05, 3.63) is 46.8 Å². The number of pyridine rings is 1. The van der Waals surface area contributed by atoms with E-state index < -0.39 is 0 Å². The number of aryl methyl sites for hydroxylation is 2. The van der Waals surface area contributed by atoms with E-state index in [1.165, 1.54) is 0 Å². The minimum atomic E-state index is -0.154. The predicted octanol–water partition coefficient (Wildman–Crippen LogP) is 2.61. The lowest BCUT2D eigenvalue weighted by atomic mass is 10.1. The van der Waals surface area contributed by atoms with Crippen LogP contribution in [-0.2, 0) is 6.54 Å². The van der Waals surface area contributed by atoms with Crippen LogP contribution in [0.2, 0.25) is 0 Å². The second-order valence-corrected chi connectivity index (χ2v) is 4.57. The van der Waals surface area contributed by atoms with Gasteiger partial charge >= 0.3 is 0 Å². The van der Waals surface area contributed by atoms with E-state index in [2.05, 4.69) is 10.3 Å². The molecule has 5 N–H and O–H groups in total. The molecule has 4 nitrogen and oxygen atoms in total. The average Bonchev–Trinajstić information content (AvgIpc) is 2.37. The van der Waals surface area contributed by atoms with Gasteiger partial charge in [0.25, 0.3) is 0 Å². The van der Waals surface area contributed by atoms with Gasteiger partial charge in [-0.15, -0.1) is 0 Å². The third kappa shape index (κ3) is 2.93. The highest BCUT2D eigenvalue weighted by atomic mass is 19.1. The largest absolute Gasteiger partial charge is 0.396 e. The number of rotatable bonds is 3. The van der Waals surface area contributed by atoms with Crippen molar-refractivity contribution in [1.29, 1.82) is 0 Å². The highest BCUT2D eigenvalue weighted by molar-refractivity contribution is 5.61. The maximum absolute atomic E-state index is 13.5. The molecule has 5 heteroatoms. The average molecular weight is 260 g/mol. The number of hydrogen-bond acceptors (Lipinski definition) is 4. The van der Waals surface area contributed by atoms with E-state index in [1.54, 1.807) is 26.0 Å². The van der Waals surface area contributed by atoms with E-state index in [4.69, 9.17) is 11.5 Å². The van der Waals surface area contributed by atoms with Crippen molar-refractivity contribution in [3.63, 3.8) is 0 Å². The zero-order chi connectivity index (χ0) is 14.0. The predicted molar refractivity (Wildman–Crippen MR) is 76.3 cm³/mol. The van der Waals surface area contributed by atoms with Gasteiger partial charge in [-0.2, -0.15) is 0 Å². The van der Waals surface area contributed by atoms with Crippen LogP contribution in [0.3, 0.4) is 0 Å². The fraction of sp³-hybridized carbons (Fsp3) is 0.214. The molecular weight excluding hydrogens is 243 g/mol. The lowest BCUT2D eigenvalue weighted by Gasteiger charge is -2.10. The summed E-state index contributed by atoms with van der Waals surface area (Å²) in [5.41, 5.74) is 14.0. The van der Waals surface area contributed by atoms with E-state index >= 15 is 0 Å². The van der Waals surface area contributed by atoms with Crippen molar-refractivity contribution < 1.29 is 4.39 Å². The van der Waals surface area contributed by atoms with Gasteiger partial charge in [-0.05, 0) is 42.7 Å². The van der Waals surface area contributed by atoms with E-state index in [0.29, 0.717) is 35.0 Å². The number of nitrogens with one attached hydrogen (secondary N) is 1. The Labute approximate surface area is 111 Å². The van der Waals surface area contributed by atoms with Crippen LogP contribution in [-0.4, -0.2) is 4.98 Å². The van der Waals surface area contributed by atoms with E-state index in [1.807, 2.05) is 12.1 Å². The summed E-state index contributed by atoms with van der Waals surface area (Å²) >= 11 is 0. The molecule has 1 aromatic heterocycles. The first-order valence-corrected chi connectivity index (χ1v) is 5.99. The summed E-state index contributed by atoms with van der Waals surface area (Å²) in [6, 6.07) is 7.09. The molecule has 0 aliphatic rings. The maximum Gasteiger partial charge on any atom is 0.149 e. The zero-order valence-corrected chi connectivity index (χ0v) is 11.0. The smallest absolute Gasteiger partial charge is 0.149 e. The van der Waals surface area contributed by atoms with Crippen LogP contribution < -0.4 is 16.8 Å². The summed E-state index contributed by atoms with van der Waals surface area (Å²) in [4.78, 5) is 4.12. The van der Waals surface area contributed by atoms with Crippen LogP contribution in [0, 0.1) is 19.7 Å². The van der Waals surface area contributed by atoms with E-state index in [-0.39, 0.29) is 5.82 Å². The number of aromatic nitrogens is 1. The van der Waals surface area contributed by atoms with Crippen molar-refractivity contribution >= 4 is 17.3 Å². The first kappa shape index (κ1) is 13.1. The van der Waals surface area contributed by atoms with Gasteiger partial charge in [0.2, 0.25) is 0 Å². The number of anilines is 3. The van der Waals surface area contributed by atoms with Crippen molar-refractivity contribution in [2.45, 2.75) is 20.4 Å². The quantitative estimate of drug-likeness (QED) is 0.792. The van der Waals surface area contributed by atoms with Crippen molar-refractivity contribution in [1.82, 2.24) is 4.98 Å². The van der Waals surface area contributed by atoms with Crippen LogP contribution in [0.4, 0.5) is 21.7 Å². The van der Waals surface area contributed by atoms with Crippen molar-refractivity contribution in [2.24, 2.45) is 0 Å². The first-order chi connectivity index (χ1) is 8.97. The topological polar surface area (TPSA) is 77.0 Å². The fourth-order valence-electron chi connectivity index (χ4n) is 1.91. The van der Waals surface area contributed by atoms with Crippen LogP contribution in [0.15, 0.2) is 24.3 Å². The summed E-state index contributed by atoms with van der Waals surface area (Å²) < 4.78 is 13.5. The molecule has 0 amide bonds. The Morgan fingerprint density at radius 1 is 1.16 bits per heavy atom. The Morgan fingerprint density at radius 3 is 2.37 bits per heavy atom. The number of nitrogens with zero attached hydrogens (tertiary/aromatic N) is 1. The van der Waals surface area contributed by atoms with Gasteiger partial charge in [-0.3, -0.25) is 0 Å². The van der Waals surface area contributed by atoms with Crippen LogP contribution in [0.1, 0.15) is 16.7 Å². The highest BCUT2D eigenvalue weighted by Crippen LogP contribution is 2.18. The van der Waals surface area contributed by atoms with Gasteiger partial charge in [-0.1, -0.05) is 12.1 Å². The Bertz CT molecular complexity index is 587. The Kier molecular flexibility index (Phi) is 3.55. The standard InChI is InChI=1S/C14H17FN4/c1-8-5-10(6-9(2)13(8)15)7-18-12-4-3-11(16)14(17)19-12/h3-6H,7,16H2,1-2H3,(H3,17,18,19). The Morgan fingerprint density at radius 2 is 1.79 bits per heavy atom. The van der Waals surface area contributed by atoms with Crippen molar-refractivity contribution in [2.75, 3.05) is 16.8 Å². The van der Waals surface area contributed by atoms with Gasteiger partial charge in [0.05, 0.1) is 5.69 Å². The SMILES string of the molecule is Cc1cc(CNc2ccc(N)c(N)n2)cc(C)c1F. The van der Waals surface area contributed by atoms with Crippen LogP contribution in [0.5, 0.6) is 0 Å². The molecule has 0 saturated carbocycles. The zero-order valence-electron chi connectivity index (χ0n) is 11.0. The fourth-order valence-corrected chi connectivity index (χ4v) is 1.91. The van der Waals surface area contributed by atoms with Gasteiger partial charge in [0.1, 0.15) is 17.5 Å². The molecule has 19 heavy (non-hydrogen) atoms. The molecule has 0 bridgehead atoms. The molecule has 0 radical (unpaired) electrons. The second-order valence-electron chi connectivity index (χ2n) is 4.57. The monoisotopic (exact) mass is 260 g/mol. The van der Waals surface area contributed by atoms with Gasteiger partial charge in [0.15, 0.2) is 0 Å². The van der Waals surface area contributed by atoms with Gasteiger partial charge < -0.3 is 16.8 Å². The van der Waals surface area contributed by atoms with E-state index in [0.717, 1.165) is 5.56 Å². The molecule has 0 atom stereocenters. The van der Waals surface area contributed by atoms with Crippen LogP contribution >= 0.6 is 0 Å². The minimum absolute atomic E-state index is 0.154. The number of nitrogen functional groups attached to an aromatic ring is 2. The second kappa shape index (κ2) is 5.14. The number of halogens is 1. The third-order valence-corrected chi connectivity index (χ3v) is 2.93. The number of benzene rings is 1. The summed E-state index contributed by atoms with van der Waals surface area (Å²) in [7, 11) is 0. The molecule has 0 aliphatic heterocycles.